The van der Waals surface area contributed by atoms with Crippen LogP contribution in [-0.4, -0.2) is 35.7 Å². The third kappa shape index (κ3) is 2.24. The number of nitrogens with zero attached hydrogens (tertiary/aromatic N) is 1. The molecule has 3 unspecified atom stereocenters. The molecule has 4 heteroatoms. The molecule has 3 aliphatic rings. The third-order valence-corrected chi connectivity index (χ3v) is 4.08. The Morgan fingerprint density at radius 3 is 3.00 bits per heavy atom. The van der Waals surface area contributed by atoms with Crippen LogP contribution in [-0.2, 0) is 4.74 Å². The molecule has 0 aromatic heterocycles. The summed E-state index contributed by atoms with van der Waals surface area (Å²) in [5.41, 5.74) is 0.856. The van der Waals surface area contributed by atoms with Gasteiger partial charge in [-0.25, -0.2) is 4.79 Å². The van der Waals surface area contributed by atoms with Crippen LogP contribution in [0.3, 0.4) is 0 Å². The molecule has 1 amide bonds. The molecule has 2 saturated heterocycles. The first-order valence-corrected chi connectivity index (χ1v) is 7.07. The highest BCUT2D eigenvalue weighted by atomic mass is 16.6. The van der Waals surface area contributed by atoms with E-state index in [1.807, 2.05) is 25.7 Å². The highest BCUT2D eigenvalue weighted by Gasteiger charge is 2.47. The Balaban J connectivity index is 1.80. The van der Waals surface area contributed by atoms with E-state index in [-0.39, 0.29) is 12.1 Å². The number of likely N-dealkylation sites (tertiary alicyclic amines) is 1. The molecule has 0 radical (unpaired) electrons. The van der Waals surface area contributed by atoms with Gasteiger partial charge in [0.15, 0.2) is 0 Å². The number of carbonyl (C=O) groups excluding carboxylic acids is 1. The average molecular weight is 262 g/mol. The fourth-order valence-corrected chi connectivity index (χ4v) is 3.37. The number of amides is 1. The molecule has 0 bridgehead atoms. The van der Waals surface area contributed by atoms with Crippen LogP contribution in [0.15, 0.2) is 23.9 Å². The maximum absolute atomic E-state index is 12.3. The summed E-state index contributed by atoms with van der Waals surface area (Å²) in [4.78, 5) is 14.2. The van der Waals surface area contributed by atoms with Gasteiger partial charge in [-0.15, -0.1) is 0 Å². The minimum absolute atomic E-state index is 0.160. The van der Waals surface area contributed by atoms with Crippen molar-refractivity contribution >= 4 is 6.09 Å². The van der Waals surface area contributed by atoms with Crippen LogP contribution in [0.25, 0.3) is 0 Å². The molecule has 3 atom stereocenters. The summed E-state index contributed by atoms with van der Waals surface area (Å²) < 4.78 is 5.53. The van der Waals surface area contributed by atoms with Crippen molar-refractivity contribution in [1.82, 2.24) is 10.2 Å². The van der Waals surface area contributed by atoms with Gasteiger partial charge in [-0.1, -0.05) is 12.2 Å². The molecule has 0 saturated carbocycles. The van der Waals surface area contributed by atoms with E-state index in [0.29, 0.717) is 11.8 Å². The summed E-state index contributed by atoms with van der Waals surface area (Å²) in [5.74, 6) is 1.00. The van der Waals surface area contributed by atoms with Crippen LogP contribution in [0.2, 0.25) is 0 Å². The monoisotopic (exact) mass is 262 g/mol. The smallest absolute Gasteiger partial charge is 0.410 e. The first-order valence-electron chi connectivity index (χ1n) is 7.07. The van der Waals surface area contributed by atoms with Gasteiger partial charge in [0.25, 0.3) is 0 Å². The molecule has 2 aliphatic heterocycles. The Morgan fingerprint density at radius 1 is 1.47 bits per heavy atom. The second kappa shape index (κ2) is 4.29. The molecule has 0 aromatic carbocycles. The number of hydrogen-bond acceptors (Lipinski definition) is 3. The summed E-state index contributed by atoms with van der Waals surface area (Å²) >= 11 is 0. The van der Waals surface area contributed by atoms with Gasteiger partial charge in [0, 0.05) is 24.7 Å². The number of piperidine rings is 1. The molecule has 1 aliphatic carbocycles. The second-order valence-electron chi connectivity index (χ2n) is 6.63. The van der Waals surface area contributed by atoms with Crippen LogP contribution < -0.4 is 5.32 Å². The maximum atomic E-state index is 12.3. The molecule has 1 N–H and O–H groups in total. The Bertz CT molecular complexity index is 448. The standard InChI is InChI=1S/C15H22N2O2/c1-15(2,3)19-14(18)17-9-10-7-8-16-11-5-4-6-12(17)13(10)11/h4-6,10,12-13,16H,7-9H2,1-3H3. The largest absolute Gasteiger partial charge is 0.444 e. The fraction of sp³-hybridized carbons (Fsp3) is 0.667. The molecule has 4 nitrogen and oxygen atoms in total. The van der Waals surface area contributed by atoms with E-state index in [1.54, 1.807) is 0 Å². The van der Waals surface area contributed by atoms with Crippen LogP contribution >= 0.6 is 0 Å². The lowest BCUT2D eigenvalue weighted by Gasteiger charge is -2.34. The lowest BCUT2D eigenvalue weighted by Crippen LogP contribution is -2.42. The van der Waals surface area contributed by atoms with Gasteiger partial charge in [-0.05, 0) is 39.2 Å². The number of nitrogens with one attached hydrogen (secondary N) is 1. The van der Waals surface area contributed by atoms with Crippen molar-refractivity contribution in [3.8, 4) is 0 Å². The fourth-order valence-electron chi connectivity index (χ4n) is 3.37. The molecule has 2 heterocycles. The van der Waals surface area contributed by atoms with Crippen molar-refractivity contribution in [3.63, 3.8) is 0 Å². The Hall–Kier alpha value is -1.45. The van der Waals surface area contributed by atoms with E-state index in [1.165, 1.54) is 5.70 Å². The zero-order valence-corrected chi connectivity index (χ0v) is 11.8. The number of ether oxygens (including phenoxy) is 1. The molecule has 2 fully saturated rings. The van der Waals surface area contributed by atoms with Gasteiger partial charge >= 0.3 is 6.09 Å². The molecule has 3 rings (SSSR count). The summed E-state index contributed by atoms with van der Waals surface area (Å²) in [5, 5.41) is 3.46. The summed E-state index contributed by atoms with van der Waals surface area (Å²) in [7, 11) is 0. The van der Waals surface area contributed by atoms with Gasteiger partial charge in [0.1, 0.15) is 5.60 Å². The summed E-state index contributed by atoms with van der Waals surface area (Å²) in [6.07, 6.45) is 7.27. The van der Waals surface area contributed by atoms with Crippen LogP contribution in [0, 0.1) is 11.8 Å². The van der Waals surface area contributed by atoms with Crippen LogP contribution in [0.5, 0.6) is 0 Å². The van der Waals surface area contributed by atoms with E-state index < -0.39 is 5.60 Å². The highest BCUT2D eigenvalue weighted by molar-refractivity contribution is 5.70. The Morgan fingerprint density at radius 2 is 2.26 bits per heavy atom. The minimum Gasteiger partial charge on any atom is -0.444 e. The molecule has 0 aromatic rings. The predicted molar refractivity (Wildman–Crippen MR) is 73.6 cm³/mol. The van der Waals surface area contributed by atoms with E-state index in [9.17, 15) is 4.79 Å². The van der Waals surface area contributed by atoms with Crippen LogP contribution in [0.1, 0.15) is 27.2 Å². The number of allylic oxidation sites excluding steroid dienone is 2. The number of hydrogen-bond donors (Lipinski definition) is 1. The van der Waals surface area contributed by atoms with Gasteiger partial charge in [-0.3, -0.25) is 0 Å². The van der Waals surface area contributed by atoms with Crippen molar-refractivity contribution in [1.29, 1.82) is 0 Å². The Labute approximate surface area is 114 Å². The molecule has 0 spiro atoms. The van der Waals surface area contributed by atoms with Crippen molar-refractivity contribution < 1.29 is 9.53 Å². The van der Waals surface area contributed by atoms with Crippen molar-refractivity contribution in [2.24, 2.45) is 11.8 Å². The molecular weight excluding hydrogens is 240 g/mol. The minimum atomic E-state index is -0.430. The van der Waals surface area contributed by atoms with E-state index in [2.05, 4.69) is 23.5 Å². The third-order valence-electron chi connectivity index (χ3n) is 4.08. The lowest BCUT2D eigenvalue weighted by atomic mass is 9.80. The average Bonchev–Trinajstić information content (AvgIpc) is 2.69. The first kappa shape index (κ1) is 12.6. The zero-order chi connectivity index (χ0) is 13.6. The van der Waals surface area contributed by atoms with Crippen molar-refractivity contribution in [3.05, 3.63) is 23.9 Å². The zero-order valence-electron chi connectivity index (χ0n) is 11.8. The van der Waals surface area contributed by atoms with Crippen molar-refractivity contribution in [2.45, 2.75) is 38.8 Å². The lowest BCUT2D eigenvalue weighted by molar-refractivity contribution is 0.0243. The van der Waals surface area contributed by atoms with Gasteiger partial charge in [0.05, 0.1) is 6.04 Å². The van der Waals surface area contributed by atoms with E-state index in [0.717, 1.165) is 19.5 Å². The van der Waals surface area contributed by atoms with E-state index in [4.69, 9.17) is 4.74 Å². The molecule has 104 valence electrons. The SMILES string of the molecule is CC(C)(C)OC(=O)N1CC2CCNC3=CC=CC1C32. The molecule has 19 heavy (non-hydrogen) atoms. The van der Waals surface area contributed by atoms with Crippen LogP contribution in [0.4, 0.5) is 4.79 Å². The second-order valence-corrected chi connectivity index (χ2v) is 6.63. The predicted octanol–water partition coefficient (Wildman–Crippen LogP) is 2.29. The van der Waals surface area contributed by atoms with Gasteiger partial charge < -0.3 is 15.0 Å². The first-order chi connectivity index (χ1) is 8.96. The number of carbonyl (C=O) groups is 1. The molecular formula is C15H22N2O2. The summed E-state index contributed by atoms with van der Waals surface area (Å²) in [6.45, 7) is 7.57. The quantitative estimate of drug-likeness (QED) is 0.728. The highest BCUT2D eigenvalue weighted by Crippen LogP contribution is 2.41. The van der Waals surface area contributed by atoms with Crippen molar-refractivity contribution in [2.75, 3.05) is 13.1 Å². The number of rotatable bonds is 0. The van der Waals surface area contributed by atoms with E-state index >= 15 is 0 Å². The topological polar surface area (TPSA) is 41.6 Å². The normalized spacial score (nSPS) is 32.5. The maximum Gasteiger partial charge on any atom is 0.410 e. The summed E-state index contributed by atoms with van der Waals surface area (Å²) in [6, 6.07) is 0.160. The Kier molecular flexibility index (Phi) is 2.84. The van der Waals surface area contributed by atoms with Gasteiger partial charge in [-0.2, -0.15) is 0 Å². The van der Waals surface area contributed by atoms with Gasteiger partial charge in [0.2, 0.25) is 0 Å².